The van der Waals surface area contributed by atoms with E-state index in [1.165, 1.54) is 23.6 Å². The lowest BCUT2D eigenvalue weighted by Gasteiger charge is -2.04. The number of aromatic nitrogens is 1. The minimum absolute atomic E-state index is 0.130. The number of aromatic hydroxyl groups is 1. The molecule has 2 aromatic heterocycles. The summed E-state index contributed by atoms with van der Waals surface area (Å²) in [4.78, 5) is 27.4. The second-order valence-corrected chi connectivity index (χ2v) is 6.69. The minimum atomic E-state index is -0.496. The summed E-state index contributed by atoms with van der Waals surface area (Å²) in [6.07, 6.45) is 1.40. The number of hydrogen-bond donors (Lipinski definition) is 3. The standard InChI is InChI=1S/C19H13N3O3S/c23-17-9-13(11-5-1-3-7-14(11)21-17)19(25)22-20-10-16-18(24)12-6-2-4-8-15(12)26-16/h1-10,24H,(H,21,23)(H,22,25). The van der Waals surface area contributed by atoms with Gasteiger partial charge in [0.15, 0.2) is 0 Å². The number of hydrogen-bond acceptors (Lipinski definition) is 5. The summed E-state index contributed by atoms with van der Waals surface area (Å²) >= 11 is 1.37. The largest absolute Gasteiger partial charge is 0.506 e. The van der Waals surface area contributed by atoms with Crippen molar-refractivity contribution in [2.24, 2.45) is 5.10 Å². The third-order valence-electron chi connectivity index (χ3n) is 3.94. The predicted octanol–water partition coefficient (Wildman–Crippen LogP) is 3.21. The van der Waals surface area contributed by atoms with Crippen LogP contribution < -0.4 is 11.0 Å². The van der Waals surface area contributed by atoms with E-state index in [0.717, 1.165) is 10.1 Å². The topological polar surface area (TPSA) is 94.5 Å². The zero-order valence-electron chi connectivity index (χ0n) is 13.4. The van der Waals surface area contributed by atoms with Gasteiger partial charge in [0, 0.05) is 27.1 Å². The number of carbonyl (C=O) groups excluding carboxylic acids is 1. The number of H-pyrrole nitrogens is 1. The molecule has 3 N–H and O–H groups in total. The highest BCUT2D eigenvalue weighted by molar-refractivity contribution is 7.21. The number of benzene rings is 2. The Morgan fingerprint density at radius 2 is 1.85 bits per heavy atom. The summed E-state index contributed by atoms with van der Waals surface area (Å²) < 4.78 is 0.929. The molecular weight excluding hydrogens is 350 g/mol. The van der Waals surface area contributed by atoms with E-state index < -0.39 is 5.91 Å². The van der Waals surface area contributed by atoms with E-state index in [0.29, 0.717) is 15.8 Å². The molecule has 0 atom stereocenters. The molecule has 0 saturated carbocycles. The molecule has 0 aliphatic heterocycles. The van der Waals surface area contributed by atoms with Crippen molar-refractivity contribution in [3.8, 4) is 5.75 Å². The van der Waals surface area contributed by atoms with Crippen LogP contribution in [0.15, 0.2) is 64.5 Å². The molecule has 0 radical (unpaired) electrons. The Kier molecular flexibility index (Phi) is 3.98. The first-order valence-corrected chi connectivity index (χ1v) is 8.61. The molecule has 2 aromatic carbocycles. The van der Waals surface area contributed by atoms with Gasteiger partial charge in [-0.1, -0.05) is 30.3 Å². The van der Waals surface area contributed by atoms with E-state index >= 15 is 0 Å². The molecule has 0 unspecified atom stereocenters. The summed E-state index contributed by atoms with van der Waals surface area (Å²) in [5.74, 6) is -0.366. The van der Waals surface area contributed by atoms with Gasteiger partial charge in [0.2, 0.25) is 5.56 Å². The highest BCUT2D eigenvalue weighted by Crippen LogP contribution is 2.35. The Morgan fingerprint density at radius 3 is 2.65 bits per heavy atom. The van der Waals surface area contributed by atoms with E-state index in [1.54, 1.807) is 24.3 Å². The molecule has 1 amide bonds. The molecule has 0 saturated heterocycles. The van der Waals surface area contributed by atoms with Crippen LogP contribution in [0.3, 0.4) is 0 Å². The average molecular weight is 363 g/mol. The minimum Gasteiger partial charge on any atom is -0.506 e. The predicted molar refractivity (Wildman–Crippen MR) is 103 cm³/mol. The molecule has 4 aromatic rings. The van der Waals surface area contributed by atoms with Gasteiger partial charge >= 0.3 is 0 Å². The van der Waals surface area contributed by atoms with Gasteiger partial charge in [-0.15, -0.1) is 11.3 Å². The number of fused-ring (bicyclic) bond motifs is 2. The van der Waals surface area contributed by atoms with E-state index in [1.807, 2.05) is 24.3 Å². The number of para-hydroxylation sites is 1. The van der Waals surface area contributed by atoms with Crippen molar-refractivity contribution in [2.75, 3.05) is 0 Å². The molecule has 26 heavy (non-hydrogen) atoms. The van der Waals surface area contributed by atoms with Crippen LogP contribution in [0.1, 0.15) is 15.2 Å². The maximum absolute atomic E-state index is 12.4. The number of thiophene rings is 1. The lowest BCUT2D eigenvalue weighted by atomic mass is 10.1. The molecular formula is C19H13N3O3S. The first kappa shape index (κ1) is 16.0. The Hall–Kier alpha value is -3.45. The van der Waals surface area contributed by atoms with Crippen molar-refractivity contribution in [3.05, 3.63) is 75.4 Å². The zero-order valence-corrected chi connectivity index (χ0v) is 14.2. The summed E-state index contributed by atoms with van der Waals surface area (Å²) in [7, 11) is 0. The zero-order chi connectivity index (χ0) is 18.1. The molecule has 0 fully saturated rings. The molecule has 4 rings (SSSR count). The van der Waals surface area contributed by atoms with Crippen molar-refractivity contribution in [3.63, 3.8) is 0 Å². The van der Waals surface area contributed by atoms with Crippen molar-refractivity contribution in [1.82, 2.24) is 10.4 Å². The van der Waals surface area contributed by atoms with Crippen LogP contribution >= 0.6 is 11.3 Å². The third-order valence-corrected chi connectivity index (χ3v) is 5.03. The van der Waals surface area contributed by atoms with Crippen LogP contribution in [0, 0.1) is 0 Å². The van der Waals surface area contributed by atoms with Gasteiger partial charge < -0.3 is 10.1 Å². The Labute approximate surface area is 151 Å². The van der Waals surface area contributed by atoms with Crippen LogP contribution in [0.25, 0.3) is 21.0 Å². The second kappa shape index (κ2) is 6.45. The van der Waals surface area contributed by atoms with Gasteiger partial charge in [-0.2, -0.15) is 5.10 Å². The molecule has 0 aliphatic carbocycles. The molecule has 7 heteroatoms. The van der Waals surface area contributed by atoms with Crippen LogP contribution in [0.2, 0.25) is 0 Å². The summed E-state index contributed by atoms with van der Waals surface area (Å²) in [5.41, 5.74) is 2.87. The quantitative estimate of drug-likeness (QED) is 0.385. The highest BCUT2D eigenvalue weighted by Gasteiger charge is 2.12. The van der Waals surface area contributed by atoms with Gasteiger partial charge in [0.05, 0.1) is 16.7 Å². The van der Waals surface area contributed by atoms with Crippen LogP contribution in [0.4, 0.5) is 0 Å². The van der Waals surface area contributed by atoms with Crippen molar-refractivity contribution >= 4 is 44.4 Å². The number of hydrazone groups is 1. The van der Waals surface area contributed by atoms with Gasteiger partial charge in [-0.05, 0) is 18.2 Å². The Bertz CT molecular complexity index is 1220. The van der Waals surface area contributed by atoms with Crippen LogP contribution in [0.5, 0.6) is 5.75 Å². The fraction of sp³-hybridized carbons (Fsp3) is 0. The summed E-state index contributed by atoms with van der Waals surface area (Å²) in [6, 6.07) is 15.7. The Balaban J connectivity index is 1.62. The van der Waals surface area contributed by atoms with Crippen molar-refractivity contribution in [2.45, 2.75) is 0 Å². The number of carbonyl (C=O) groups is 1. The number of amides is 1. The first-order valence-electron chi connectivity index (χ1n) is 7.79. The Morgan fingerprint density at radius 1 is 1.12 bits per heavy atom. The molecule has 0 aliphatic rings. The molecule has 2 heterocycles. The van der Waals surface area contributed by atoms with Gasteiger partial charge in [-0.3, -0.25) is 9.59 Å². The molecule has 0 bridgehead atoms. The summed E-state index contributed by atoms with van der Waals surface area (Å²) in [6.45, 7) is 0. The number of aromatic amines is 1. The van der Waals surface area contributed by atoms with Gasteiger partial charge in [0.1, 0.15) is 5.75 Å². The summed E-state index contributed by atoms with van der Waals surface area (Å²) in [5, 5.41) is 15.5. The van der Waals surface area contributed by atoms with Crippen LogP contribution in [-0.4, -0.2) is 22.2 Å². The smallest absolute Gasteiger partial charge is 0.272 e. The lowest BCUT2D eigenvalue weighted by Crippen LogP contribution is -2.20. The molecule has 128 valence electrons. The fourth-order valence-electron chi connectivity index (χ4n) is 2.74. The van der Waals surface area contributed by atoms with Gasteiger partial charge in [0.25, 0.3) is 5.91 Å². The average Bonchev–Trinajstić information content (AvgIpc) is 2.97. The number of nitrogens with one attached hydrogen (secondary N) is 2. The van der Waals surface area contributed by atoms with E-state index in [2.05, 4.69) is 15.5 Å². The molecule has 6 nitrogen and oxygen atoms in total. The normalized spacial score (nSPS) is 11.4. The maximum atomic E-state index is 12.4. The SMILES string of the molecule is O=C(NN=Cc1sc2ccccc2c1O)c1cc(=O)[nH]c2ccccc12. The third kappa shape index (κ3) is 2.84. The molecule has 0 spiro atoms. The fourth-order valence-corrected chi connectivity index (χ4v) is 3.71. The van der Waals surface area contributed by atoms with E-state index in [4.69, 9.17) is 0 Å². The van der Waals surface area contributed by atoms with E-state index in [9.17, 15) is 14.7 Å². The number of rotatable bonds is 3. The second-order valence-electron chi connectivity index (χ2n) is 5.60. The number of nitrogens with zero attached hydrogens (tertiary/aromatic N) is 1. The monoisotopic (exact) mass is 363 g/mol. The number of pyridine rings is 1. The van der Waals surface area contributed by atoms with Crippen molar-refractivity contribution in [1.29, 1.82) is 0 Å². The van der Waals surface area contributed by atoms with E-state index in [-0.39, 0.29) is 16.9 Å². The maximum Gasteiger partial charge on any atom is 0.272 e. The van der Waals surface area contributed by atoms with Gasteiger partial charge in [-0.25, -0.2) is 5.43 Å². The first-order chi connectivity index (χ1) is 12.6. The highest BCUT2D eigenvalue weighted by atomic mass is 32.1. The van der Waals surface area contributed by atoms with Crippen LogP contribution in [-0.2, 0) is 0 Å². The van der Waals surface area contributed by atoms with Crippen molar-refractivity contribution < 1.29 is 9.90 Å². The lowest BCUT2D eigenvalue weighted by molar-refractivity contribution is 0.0956.